The van der Waals surface area contributed by atoms with E-state index < -0.39 is 12.7 Å². The molecule has 0 radical (unpaired) electrons. The molecule has 0 spiro atoms. The van der Waals surface area contributed by atoms with Crippen molar-refractivity contribution < 1.29 is 9.90 Å². The lowest BCUT2D eigenvalue weighted by Crippen LogP contribution is -2.20. The summed E-state index contributed by atoms with van der Waals surface area (Å²) in [5.41, 5.74) is 5.95. The van der Waals surface area contributed by atoms with Gasteiger partial charge in [-0.25, -0.2) is 0 Å². The summed E-state index contributed by atoms with van der Waals surface area (Å²) < 4.78 is 39.8. The zero-order valence-electron chi connectivity index (χ0n) is 23.7. The van der Waals surface area contributed by atoms with Gasteiger partial charge in [0.2, 0.25) is 0 Å². The zero-order chi connectivity index (χ0) is 26.7. The SMILES string of the molecule is [2H]C([2H])([2H])c1cnc(-c2cccc3c2oc2ccccc23)cc1-c1ccc(C2([2H])CCC(C)(C)CC2)cc1. The maximum absolute atomic E-state index is 9.11. The second kappa shape index (κ2) is 8.13. The normalized spacial score (nSPS) is 19.4. The average Bonchev–Trinajstić information content (AvgIpc) is 3.29. The van der Waals surface area contributed by atoms with E-state index in [0.717, 1.165) is 64.3 Å². The van der Waals surface area contributed by atoms with E-state index in [1.54, 1.807) is 0 Å². The average molecular weight is 450 g/mol. The van der Waals surface area contributed by atoms with Crippen LogP contribution in [0.15, 0.2) is 83.4 Å². The Morgan fingerprint density at radius 2 is 1.68 bits per heavy atom. The van der Waals surface area contributed by atoms with Crippen molar-refractivity contribution in [2.24, 2.45) is 5.41 Å². The van der Waals surface area contributed by atoms with Crippen molar-refractivity contribution in [3.63, 3.8) is 0 Å². The monoisotopic (exact) mass is 449 g/mol. The van der Waals surface area contributed by atoms with E-state index >= 15 is 0 Å². The van der Waals surface area contributed by atoms with E-state index in [-0.39, 0.29) is 11.0 Å². The number of hydrogen-bond donors (Lipinski definition) is 0. The molecule has 3 aromatic carbocycles. The standard InChI is InChI=1S/C32H31NO/c1-21-20-33-29(27-9-6-8-26-25-7-4-5-10-30(25)34-31(26)27)19-28(21)24-13-11-22(12-14-24)23-15-17-32(2,3)18-16-23/h4-14,19-20,23H,15-18H2,1-3H3/i1D3,23D. The molecule has 34 heavy (non-hydrogen) atoms. The lowest BCUT2D eigenvalue weighted by molar-refractivity contribution is 0.224. The molecule has 0 aliphatic heterocycles. The third kappa shape index (κ3) is 3.72. The third-order valence-electron chi connectivity index (χ3n) is 7.40. The molecule has 0 atom stereocenters. The summed E-state index contributed by atoms with van der Waals surface area (Å²) in [6.07, 6.45) is 5.20. The largest absolute Gasteiger partial charge is 0.455 e. The van der Waals surface area contributed by atoms with Gasteiger partial charge in [-0.3, -0.25) is 4.98 Å². The number of hydrogen-bond acceptors (Lipinski definition) is 2. The van der Waals surface area contributed by atoms with Gasteiger partial charge in [-0.2, -0.15) is 0 Å². The van der Waals surface area contributed by atoms with Crippen LogP contribution in [0.3, 0.4) is 0 Å². The maximum atomic E-state index is 9.11. The van der Waals surface area contributed by atoms with Crippen LogP contribution >= 0.6 is 0 Å². The molecule has 1 aliphatic carbocycles. The topological polar surface area (TPSA) is 26.0 Å². The lowest BCUT2D eigenvalue weighted by Gasteiger charge is -2.34. The minimum Gasteiger partial charge on any atom is -0.455 e. The van der Waals surface area contributed by atoms with Crippen LogP contribution in [0.5, 0.6) is 0 Å². The second-order valence-electron chi connectivity index (χ2n) is 10.2. The summed E-state index contributed by atoms with van der Waals surface area (Å²) in [6, 6.07) is 23.7. The van der Waals surface area contributed by atoms with Crippen LogP contribution in [0.2, 0.25) is 0 Å². The third-order valence-corrected chi connectivity index (χ3v) is 7.40. The van der Waals surface area contributed by atoms with Crippen LogP contribution in [0.1, 0.15) is 62.0 Å². The first-order valence-corrected chi connectivity index (χ1v) is 12.1. The highest BCUT2D eigenvalue weighted by Crippen LogP contribution is 2.43. The molecule has 0 unspecified atom stereocenters. The second-order valence-corrected chi connectivity index (χ2v) is 10.2. The molecule has 0 bridgehead atoms. The van der Waals surface area contributed by atoms with Crippen molar-refractivity contribution in [2.45, 2.75) is 52.3 Å². The maximum Gasteiger partial charge on any atom is 0.144 e. The number of furan rings is 1. The molecule has 2 heteroatoms. The Morgan fingerprint density at radius 3 is 2.47 bits per heavy atom. The Balaban J connectivity index is 1.44. The van der Waals surface area contributed by atoms with Crippen molar-refractivity contribution in [1.82, 2.24) is 4.98 Å². The highest BCUT2D eigenvalue weighted by Gasteiger charge is 2.27. The molecule has 1 aliphatic rings. The molecule has 1 fully saturated rings. The van der Waals surface area contributed by atoms with Gasteiger partial charge >= 0.3 is 0 Å². The van der Waals surface area contributed by atoms with Crippen molar-refractivity contribution in [3.05, 3.63) is 90.1 Å². The van der Waals surface area contributed by atoms with Crippen LogP contribution in [0.25, 0.3) is 44.3 Å². The number of pyridine rings is 1. The van der Waals surface area contributed by atoms with Gasteiger partial charge in [0.15, 0.2) is 0 Å². The van der Waals surface area contributed by atoms with Crippen LogP contribution in [-0.4, -0.2) is 4.98 Å². The highest BCUT2D eigenvalue weighted by atomic mass is 16.3. The Hall–Kier alpha value is -3.39. The predicted octanol–water partition coefficient (Wildman–Crippen LogP) is 9.31. The number of nitrogens with zero attached hydrogens (tertiary/aromatic N) is 1. The van der Waals surface area contributed by atoms with Crippen molar-refractivity contribution in [1.29, 1.82) is 0 Å². The first kappa shape index (κ1) is 17.1. The Bertz CT molecular complexity index is 1640. The quantitative estimate of drug-likeness (QED) is 0.274. The van der Waals surface area contributed by atoms with E-state index in [2.05, 4.69) is 18.8 Å². The van der Waals surface area contributed by atoms with Gasteiger partial charge in [-0.15, -0.1) is 0 Å². The minimum atomic E-state index is -2.31. The van der Waals surface area contributed by atoms with Crippen molar-refractivity contribution in [2.75, 3.05) is 0 Å². The van der Waals surface area contributed by atoms with Crippen molar-refractivity contribution >= 4 is 21.9 Å². The fourth-order valence-electron chi connectivity index (χ4n) is 5.19. The predicted molar refractivity (Wildman–Crippen MR) is 142 cm³/mol. The Kier molecular flexibility index (Phi) is 4.09. The number of aryl methyl sites for hydroxylation is 1. The zero-order valence-corrected chi connectivity index (χ0v) is 19.7. The first-order chi connectivity index (χ1) is 18.0. The molecular weight excluding hydrogens is 414 g/mol. The van der Waals surface area contributed by atoms with Gasteiger partial charge in [0.1, 0.15) is 11.2 Å². The number of benzene rings is 3. The number of fused-ring (bicyclic) bond motifs is 3. The summed E-state index contributed by atoms with van der Waals surface area (Å²) in [5, 5.41) is 2.04. The van der Waals surface area contributed by atoms with Gasteiger partial charge in [0.25, 0.3) is 0 Å². The molecule has 170 valence electrons. The minimum absolute atomic E-state index is 0.214. The molecule has 6 rings (SSSR count). The molecule has 2 heterocycles. The molecule has 2 aromatic heterocycles. The van der Waals surface area contributed by atoms with Gasteiger partial charge in [0, 0.05) is 28.0 Å². The molecular formula is C32H31NO. The summed E-state index contributed by atoms with van der Waals surface area (Å²) >= 11 is 0. The molecule has 0 amide bonds. The van der Waals surface area contributed by atoms with Crippen LogP contribution in [-0.2, 0) is 0 Å². The highest BCUT2D eigenvalue weighted by molar-refractivity contribution is 6.09. The molecule has 0 N–H and O–H groups in total. The summed E-state index contributed by atoms with van der Waals surface area (Å²) in [7, 11) is 0. The van der Waals surface area contributed by atoms with Crippen LogP contribution < -0.4 is 0 Å². The lowest BCUT2D eigenvalue weighted by atomic mass is 9.71. The van der Waals surface area contributed by atoms with Gasteiger partial charge in [0.05, 0.1) is 5.69 Å². The van der Waals surface area contributed by atoms with Gasteiger partial charge < -0.3 is 4.42 Å². The smallest absolute Gasteiger partial charge is 0.144 e. The van der Waals surface area contributed by atoms with Crippen LogP contribution in [0.4, 0.5) is 0 Å². The van der Waals surface area contributed by atoms with Gasteiger partial charge in [-0.05, 0) is 84.3 Å². The Morgan fingerprint density at radius 1 is 0.912 bits per heavy atom. The van der Waals surface area contributed by atoms with E-state index in [1.807, 2.05) is 72.8 Å². The van der Waals surface area contributed by atoms with E-state index in [1.165, 1.54) is 6.20 Å². The molecule has 0 saturated heterocycles. The summed E-state index contributed by atoms with van der Waals surface area (Å²) in [4.78, 5) is 4.59. The first-order valence-electron chi connectivity index (χ1n) is 14.1. The molecule has 1 saturated carbocycles. The molecule has 5 aromatic rings. The van der Waals surface area contributed by atoms with Gasteiger partial charge in [-0.1, -0.05) is 68.4 Å². The molecule has 2 nitrogen and oxygen atoms in total. The van der Waals surface area contributed by atoms with E-state index in [0.29, 0.717) is 11.3 Å². The van der Waals surface area contributed by atoms with E-state index in [9.17, 15) is 0 Å². The number of aromatic nitrogens is 1. The Labute approximate surface area is 207 Å². The summed E-state index contributed by atoms with van der Waals surface area (Å²) in [5.74, 6) is -0.596. The fraction of sp³-hybridized carbons (Fsp3) is 0.281. The fourth-order valence-corrected chi connectivity index (χ4v) is 5.19. The number of rotatable bonds is 3. The number of para-hydroxylation sites is 2. The summed E-state index contributed by atoms with van der Waals surface area (Å²) in [6.45, 7) is 2.24. The van der Waals surface area contributed by atoms with Crippen LogP contribution in [0, 0.1) is 12.3 Å². The van der Waals surface area contributed by atoms with Crippen molar-refractivity contribution in [3.8, 4) is 22.4 Å². The van der Waals surface area contributed by atoms with E-state index in [4.69, 9.17) is 9.90 Å².